The van der Waals surface area contributed by atoms with Gasteiger partial charge in [-0.05, 0) is 52.7 Å². The smallest absolute Gasteiger partial charge is 0.140 e. The summed E-state index contributed by atoms with van der Waals surface area (Å²) in [5.74, 6) is 0.390. The van der Waals surface area contributed by atoms with Gasteiger partial charge in [-0.25, -0.2) is 4.39 Å². The molecule has 0 radical (unpaired) electrons. The normalized spacial score (nSPS) is 11.6. The predicted octanol–water partition coefficient (Wildman–Crippen LogP) is 5.81. The Balaban J connectivity index is 2.47. The Morgan fingerprint density at radius 2 is 2.05 bits per heavy atom. The van der Waals surface area contributed by atoms with Gasteiger partial charge in [0.1, 0.15) is 11.6 Å². The molecule has 0 amide bonds. The second-order valence-corrected chi connectivity index (χ2v) is 5.60. The van der Waals surface area contributed by atoms with Gasteiger partial charge in [0.05, 0.1) is 11.6 Å². The van der Waals surface area contributed by atoms with Gasteiger partial charge >= 0.3 is 0 Å². The second kappa shape index (κ2) is 6.42. The summed E-state index contributed by atoms with van der Waals surface area (Å²) >= 11 is 9.20. The van der Waals surface area contributed by atoms with Crippen molar-refractivity contribution in [2.45, 2.75) is 6.92 Å². The van der Waals surface area contributed by atoms with E-state index >= 15 is 0 Å². The zero-order valence-corrected chi connectivity index (χ0v) is 13.4. The fraction of sp³-hybridized carbons (Fsp3) is 0.125. The molecule has 0 atom stereocenters. The number of hydrogen-bond donors (Lipinski definition) is 0. The lowest BCUT2D eigenvalue weighted by molar-refractivity contribution is 0.411. The van der Waals surface area contributed by atoms with Crippen LogP contribution in [0.3, 0.4) is 0 Å². The molecule has 0 aliphatic carbocycles. The molecule has 0 aliphatic heterocycles. The van der Waals surface area contributed by atoms with Crippen molar-refractivity contribution in [3.63, 3.8) is 0 Å². The van der Waals surface area contributed by atoms with E-state index in [9.17, 15) is 4.39 Å². The van der Waals surface area contributed by atoms with E-state index in [1.807, 2.05) is 31.2 Å². The first kappa shape index (κ1) is 15.1. The van der Waals surface area contributed by atoms with Crippen LogP contribution in [-0.4, -0.2) is 7.11 Å². The summed E-state index contributed by atoms with van der Waals surface area (Å²) in [7, 11) is 1.61. The first-order valence-corrected chi connectivity index (χ1v) is 7.16. The van der Waals surface area contributed by atoms with Crippen LogP contribution in [0.1, 0.15) is 18.1 Å². The molecule has 0 spiro atoms. The van der Waals surface area contributed by atoms with Gasteiger partial charge in [0.25, 0.3) is 0 Å². The number of halogens is 3. The maximum absolute atomic E-state index is 13.9. The van der Waals surface area contributed by atoms with E-state index in [-0.39, 0.29) is 5.82 Å². The van der Waals surface area contributed by atoms with Crippen molar-refractivity contribution in [2.24, 2.45) is 0 Å². The van der Waals surface area contributed by atoms with Gasteiger partial charge in [-0.3, -0.25) is 0 Å². The molecule has 0 N–H and O–H groups in total. The van der Waals surface area contributed by atoms with Gasteiger partial charge in [-0.15, -0.1) is 0 Å². The van der Waals surface area contributed by atoms with E-state index in [2.05, 4.69) is 15.9 Å². The SMILES string of the molecule is COc1c(Br)cccc1C=C(C)c1ccc(Cl)cc1F. The van der Waals surface area contributed by atoms with E-state index in [0.717, 1.165) is 21.4 Å². The average Bonchev–Trinajstić information content (AvgIpc) is 2.38. The van der Waals surface area contributed by atoms with Crippen LogP contribution in [-0.2, 0) is 0 Å². The molecule has 1 nitrogen and oxygen atoms in total. The molecule has 0 unspecified atom stereocenters. The van der Waals surface area contributed by atoms with E-state index in [0.29, 0.717) is 10.6 Å². The first-order chi connectivity index (χ1) is 9.52. The molecule has 20 heavy (non-hydrogen) atoms. The molecule has 0 aliphatic rings. The van der Waals surface area contributed by atoms with Gasteiger partial charge in [0.15, 0.2) is 0 Å². The Morgan fingerprint density at radius 1 is 1.30 bits per heavy atom. The number of benzene rings is 2. The lowest BCUT2D eigenvalue weighted by Crippen LogP contribution is -1.90. The highest BCUT2D eigenvalue weighted by atomic mass is 79.9. The van der Waals surface area contributed by atoms with Crippen molar-refractivity contribution in [3.8, 4) is 5.75 Å². The molecular weight excluding hydrogens is 343 g/mol. The number of ether oxygens (including phenoxy) is 1. The Labute approximate surface area is 131 Å². The van der Waals surface area contributed by atoms with Crippen LogP contribution in [0.5, 0.6) is 5.75 Å². The highest BCUT2D eigenvalue weighted by Gasteiger charge is 2.08. The van der Waals surface area contributed by atoms with Crippen molar-refractivity contribution >= 4 is 39.2 Å². The van der Waals surface area contributed by atoms with Crippen molar-refractivity contribution in [1.29, 1.82) is 0 Å². The van der Waals surface area contributed by atoms with Crippen molar-refractivity contribution < 1.29 is 9.13 Å². The van der Waals surface area contributed by atoms with E-state index in [1.165, 1.54) is 6.07 Å². The van der Waals surface area contributed by atoms with Crippen LogP contribution in [0.4, 0.5) is 4.39 Å². The number of rotatable bonds is 3. The lowest BCUT2D eigenvalue weighted by atomic mass is 10.0. The molecule has 4 heteroatoms. The van der Waals surface area contributed by atoms with E-state index < -0.39 is 0 Å². The van der Waals surface area contributed by atoms with Crippen LogP contribution in [0.25, 0.3) is 11.6 Å². The van der Waals surface area contributed by atoms with Crippen LogP contribution in [0, 0.1) is 5.82 Å². The predicted molar refractivity (Wildman–Crippen MR) is 85.6 cm³/mol. The minimum atomic E-state index is -0.333. The summed E-state index contributed by atoms with van der Waals surface area (Å²) in [5, 5.41) is 0.388. The van der Waals surface area contributed by atoms with Crippen molar-refractivity contribution in [3.05, 3.63) is 62.8 Å². The Hall–Kier alpha value is -1.32. The van der Waals surface area contributed by atoms with Crippen molar-refractivity contribution in [2.75, 3.05) is 7.11 Å². The third kappa shape index (κ3) is 3.22. The maximum atomic E-state index is 13.9. The molecule has 2 aromatic carbocycles. The van der Waals surface area contributed by atoms with Gasteiger partial charge in [0.2, 0.25) is 0 Å². The van der Waals surface area contributed by atoms with E-state index in [4.69, 9.17) is 16.3 Å². The van der Waals surface area contributed by atoms with Gasteiger partial charge in [-0.2, -0.15) is 0 Å². The highest BCUT2D eigenvalue weighted by molar-refractivity contribution is 9.10. The molecule has 0 heterocycles. The standard InChI is InChI=1S/C16H13BrClFO/c1-10(13-7-6-12(18)9-15(13)19)8-11-4-3-5-14(17)16(11)20-2/h3-9H,1-2H3. The summed E-state index contributed by atoms with van der Waals surface area (Å²) in [6.07, 6.45) is 1.88. The van der Waals surface area contributed by atoms with Gasteiger partial charge in [0, 0.05) is 16.1 Å². The fourth-order valence-electron chi connectivity index (χ4n) is 1.97. The maximum Gasteiger partial charge on any atom is 0.140 e. The molecule has 2 rings (SSSR count). The Bertz CT molecular complexity index is 668. The first-order valence-electron chi connectivity index (χ1n) is 5.99. The zero-order chi connectivity index (χ0) is 14.7. The monoisotopic (exact) mass is 354 g/mol. The molecule has 0 saturated heterocycles. The number of para-hydroxylation sites is 1. The van der Waals surface area contributed by atoms with Gasteiger partial charge in [-0.1, -0.05) is 29.8 Å². The minimum Gasteiger partial charge on any atom is -0.495 e. The third-order valence-electron chi connectivity index (χ3n) is 2.93. The number of hydrogen-bond acceptors (Lipinski definition) is 1. The fourth-order valence-corrected chi connectivity index (χ4v) is 2.68. The average molecular weight is 356 g/mol. The molecule has 104 valence electrons. The molecule has 0 fully saturated rings. The molecular formula is C16H13BrClFO. The molecule has 2 aromatic rings. The van der Waals surface area contributed by atoms with Gasteiger partial charge < -0.3 is 4.74 Å². The molecule has 0 aromatic heterocycles. The summed E-state index contributed by atoms with van der Waals surface area (Å²) in [6, 6.07) is 10.4. The van der Waals surface area contributed by atoms with Crippen molar-refractivity contribution in [1.82, 2.24) is 0 Å². The highest BCUT2D eigenvalue weighted by Crippen LogP contribution is 2.32. The van der Waals surface area contributed by atoms with Crippen LogP contribution in [0.2, 0.25) is 5.02 Å². The third-order valence-corrected chi connectivity index (χ3v) is 3.79. The molecule has 0 saturated carbocycles. The summed E-state index contributed by atoms with van der Waals surface area (Å²) in [5.41, 5.74) is 2.21. The minimum absolute atomic E-state index is 0.333. The topological polar surface area (TPSA) is 9.23 Å². The quantitative estimate of drug-likeness (QED) is 0.631. The second-order valence-electron chi connectivity index (χ2n) is 4.31. The van der Waals surface area contributed by atoms with Crippen LogP contribution in [0.15, 0.2) is 40.9 Å². The van der Waals surface area contributed by atoms with Crippen LogP contribution >= 0.6 is 27.5 Å². The summed E-state index contributed by atoms with van der Waals surface area (Å²) in [6.45, 7) is 1.85. The largest absolute Gasteiger partial charge is 0.495 e. The summed E-state index contributed by atoms with van der Waals surface area (Å²) in [4.78, 5) is 0. The Kier molecular flexibility index (Phi) is 4.84. The summed E-state index contributed by atoms with van der Waals surface area (Å²) < 4.78 is 20.1. The lowest BCUT2D eigenvalue weighted by Gasteiger charge is -2.09. The molecule has 0 bridgehead atoms. The zero-order valence-electron chi connectivity index (χ0n) is 11.1. The number of methoxy groups -OCH3 is 1. The van der Waals surface area contributed by atoms with Crippen LogP contribution < -0.4 is 4.74 Å². The van der Waals surface area contributed by atoms with E-state index in [1.54, 1.807) is 19.2 Å². The number of allylic oxidation sites excluding steroid dienone is 1. The Morgan fingerprint density at radius 3 is 2.70 bits per heavy atom.